The van der Waals surface area contributed by atoms with E-state index in [0.29, 0.717) is 4.90 Å². The van der Waals surface area contributed by atoms with Crippen LogP contribution in [0, 0.1) is 0 Å². The first-order valence-electron chi connectivity index (χ1n) is 4.45. The molecule has 1 heterocycles. The molecule has 0 atom stereocenters. The van der Waals surface area contributed by atoms with Crippen LogP contribution in [0.25, 0.3) is 10.1 Å². The van der Waals surface area contributed by atoms with Crippen LogP contribution in [0.2, 0.25) is 0 Å². The second-order valence-corrected chi connectivity index (χ2v) is 6.13. The number of hydrogen-bond acceptors (Lipinski definition) is 4. The predicted octanol–water partition coefficient (Wildman–Crippen LogP) is 1.67. The normalized spacial score (nSPS) is 12.1. The smallest absolute Gasteiger partial charge is 0.182 e. The molecule has 0 fully saturated rings. The molecular formula is C10H10O3S2. The Kier molecular flexibility index (Phi) is 2.77. The van der Waals surface area contributed by atoms with E-state index in [-0.39, 0.29) is 12.4 Å². The fraction of sp³-hybridized carbons (Fsp3) is 0.200. The lowest BCUT2D eigenvalue weighted by Gasteiger charge is -1.99. The van der Waals surface area contributed by atoms with Crippen molar-refractivity contribution in [1.82, 2.24) is 0 Å². The molecule has 0 amide bonds. The minimum Gasteiger partial charge on any atom is -0.395 e. The third-order valence-corrected chi connectivity index (χ3v) is 4.98. The Hall–Kier alpha value is -0.910. The van der Waals surface area contributed by atoms with Gasteiger partial charge in [-0.25, -0.2) is 8.42 Å². The Bertz CT molecular complexity index is 569. The van der Waals surface area contributed by atoms with E-state index in [1.54, 1.807) is 11.4 Å². The van der Waals surface area contributed by atoms with Crippen LogP contribution >= 0.6 is 11.3 Å². The average molecular weight is 242 g/mol. The summed E-state index contributed by atoms with van der Waals surface area (Å²) >= 11 is 1.41. The van der Waals surface area contributed by atoms with Gasteiger partial charge in [-0.05, 0) is 6.07 Å². The number of benzene rings is 1. The van der Waals surface area contributed by atoms with Gasteiger partial charge in [-0.2, -0.15) is 0 Å². The van der Waals surface area contributed by atoms with Crippen molar-refractivity contribution < 1.29 is 13.5 Å². The van der Waals surface area contributed by atoms with E-state index in [1.807, 2.05) is 18.2 Å². The van der Waals surface area contributed by atoms with E-state index in [0.717, 1.165) is 10.1 Å². The van der Waals surface area contributed by atoms with Crippen molar-refractivity contribution >= 4 is 31.3 Å². The van der Waals surface area contributed by atoms with Crippen molar-refractivity contribution in [3.05, 3.63) is 29.6 Å². The lowest BCUT2D eigenvalue weighted by Crippen LogP contribution is -2.09. The first-order valence-corrected chi connectivity index (χ1v) is 6.98. The first-order chi connectivity index (χ1) is 7.15. The summed E-state index contributed by atoms with van der Waals surface area (Å²) in [5, 5.41) is 11.1. The largest absolute Gasteiger partial charge is 0.395 e. The Labute approximate surface area is 91.9 Å². The molecule has 0 aliphatic heterocycles. The Morgan fingerprint density at radius 2 is 2.00 bits per heavy atom. The Morgan fingerprint density at radius 1 is 1.27 bits per heavy atom. The van der Waals surface area contributed by atoms with Crippen molar-refractivity contribution in [2.24, 2.45) is 0 Å². The molecule has 0 bridgehead atoms. The Balaban J connectivity index is 2.63. The SMILES string of the molecule is O=S(=O)(CCO)c1csc2ccccc12. The molecule has 3 nitrogen and oxygen atoms in total. The maximum Gasteiger partial charge on any atom is 0.182 e. The quantitative estimate of drug-likeness (QED) is 0.890. The zero-order valence-electron chi connectivity index (χ0n) is 7.88. The molecule has 0 unspecified atom stereocenters. The number of rotatable bonds is 3. The highest BCUT2D eigenvalue weighted by atomic mass is 32.2. The minimum absolute atomic E-state index is 0.215. The van der Waals surface area contributed by atoms with Gasteiger partial charge in [-0.3, -0.25) is 0 Å². The molecule has 1 aromatic carbocycles. The molecule has 2 aromatic rings. The van der Waals surface area contributed by atoms with Gasteiger partial charge in [-0.15, -0.1) is 11.3 Å². The third-order valence-electron chi connectivity index (χ3n) is 2.14. The summed E-state index contributed by atoms with van der Waals surface area (Å²) in [6.07, 6.45) is 0. The van der Waals surface area contributed by atoms with Gasteiger partial charge >= 0.3 is 0 Å². The molecule has 2 rings (SSSR count). The second kappa shape index (κ2) is 3.92. The number of sulfone groups is 1. The van der Waals surface area contributed by atoms with Gasteiger partial charge in [-0.1, -0.05) is 18.2 Å². The summed E-state index contributed by atoms with van der Waals surface area (Å²) in [7, 11) is -3.33. The van der Waals surface area contributed by atoms with E-state index in [9.17, 15) is 8.42 Å². The molecule has 0 radical (unpaired) electrons. The monoisotopic (exact) mass is 242 g/mol. The molecule has 80 valence electrons. The number of aliphatic hydroxyl groups excluding tert-OH is 1. The van der Waals surface area contributed by atoms with Crippen LogP contribution in [0.1, 0.15) is 0 Å². The van der Waals surface area contributed by atoms with Gasteiger partial charge in [0.1, 0.15) is 0 Å². The summed E-state index contributed by atoms with van der Waals surface area (Å²) < 4.78 is 24.5. The summed E-state index contributed by atoms with van der Waals surface area (Å²) in [5.41, 5.74) is 0. The van der Waals surface area contributed by atoms with E-state index in [1.165, 1.54) is 11.3 Å². The van der Waals surface area contributed by atoms with E-state index < -0.39 is 9.84 Å². The predicted molar refractivity (Wildman–Crippen MR) is 61.0 cm³/mol. The molecule has 0 saturated heterocycles. The summed E-state index contributed by atoms with van der Waals surface area (Å²) in [4.78, 5) is 0.331. The molecule has 0 aliphatic carbocycles. The molecule has 15 heavy (non-hydrogen) atoms. The second-order valence-electron chi connectivity index (χ2n) is 3.14. The van der Waals surface area contributed by atoms with E-state index in [4.69, 9.17) is 5.11 Å². The van der Waals surface area contributed by atoms with E-state index >= 15 is 0 Å². The van der Waals surface area contributed by atoms with Gasteiger partial charge in [0, 0.05) is 15.5 Å². The molecule has 0 spiro atoms. The summed E-state index contributed by atoms with van der Waals surface area (Å²) in [5.74, 6) is -0.215. The highest BCUT2D eigenvalue weighted by molar-refractivity contribution is 7.91. The van der Waals surface area contributed by atoms with Gasteiger partial charge in [0.05, 0.1) is 17.3 Å². The molecule has 0 aliphatic rings. The topological polar surface area (TPSA) is 54.4 Å². The van der Waals surface area contributed by atoms with E-state index in [2.05, 4.69) is 0 Å². The van der Waals surface area contributed by atoms with Crippen LogP contribution in [-0.2, 0) is 9.84 Å². The van der Waals surface area contributed by atoms with Crippen LogP contribution < -0.4 is 0 Å². The number of fused-ring (bicyclic) bond motifs is 1. The molecular weight excluding hydrogens is 232 g/mol. The maximum atomic E-state index is 11.8. The van der Waals surface area contributed by atoms with Crippen LogP contribution in [0.15, 0.2) is 34.5 Å². The number of hydrogen-bond donors (Lipinski definition) is 1. The van der Waals surface area contributed by atoms with Crippen molar-refractivity contribution in [2.75, 3.05) is 12.4 Å². The third kappa shape index (κ3) is 1.90. The summed E-state index contributed by atoms with van der Waals surface area (Å²) in [6, 6.07) is 7.36. The minimum atomic E-state index is -3.33. The van der Waals surface area contributed by atoms with Crippen LogP contribution in [0.5, 0.6) is 0 Å². The van der Waals surface area contributed by atoms with Gasteiger partial charge in [0.2, 0.25) is 0 Å². The van der Waals surface area contributed by atoms with Crippen molar-refractivity contribution in [2.45, 2.75) is 4.90 Å². The maximum absolute atomic E-state index is 11.8. The standard InChI is InChI=1S/C10H10O3S2/c11-5-6-15(12,13)10-7-14-9-4-2-1-3-8(9)10/h1-4,7,11H,5-6H2. The lowest BCUT2D eigenvalue weighted by molar-refractivity contribution is 0.319. The van der Waals surface area contributed by atoms with Crippen molar-refractivity contribution in [1.29, 1.82) is 0 Å². The molecule has 5 heteroatoms. The number of thiophene rings is 1. The molecule has 0 saturated carbocycles. The summed E-state index contributed by atoms with van der Waals surface area (Å²) in [6.45, 7) is -0.341. The highest BCUT2D eigenvalue weighted by Gasteiger charge is 2.17. The number of aliphatic hydroxyl groups is 1. The van der Waals surface area contributed by atoms with Crippen LogP contribution in [-0.4, -0.2) is 25.9 Å². The van der Waals surface area contributed by atoms with Gasteiger partial charge in [0.25, 0.3) is 0 Å². The van der Waals surface area contributed by atoms with Crippen molar-refractivity contribution in [3.63, 3.8) is 0 Å². The lowest BCUT2D eigenvalue weighted by atomic mass is 10.3. The fourth-order valence-electron chi connectivity index (χ4n) is 1.42. The van der Waals surface area contributed by atoms with Gasteiger partial charge in [0.15, 0.2) is 9.84 Å². The fourth-order valence-corrected chi connectivity index (χ4v) is 4.02. The van der Waals surface area contributed by atoms with Gasteiger partial charge < -0.3 is 5.11 Å². The zero-order valence-corrected chi connectivity index (χ0v) is 9.51. The van der Waals surface area contributed by atoms with Crippen LogP contribution in [0.3, 0.4) is 0 Å². The highest BCUT2D eigenvalue weighted by Crippen LogP contribution is 2.29. The average Bonchev–Trinajstić information content (AvgIpc) is 2.61. The zero-order chi connectivity index (χ0) is 10.9. The first kappa shape index (κ1) is 10.6. The molecule has 1 aromatic heterocycles. The van der Waals surface area contributed by atoms with Crippen LogP contribution in [0.4, 0.5) is 0 Å². The van der Waals surface area contributed by atoms with Crippen molar-refractivity contribution in [3.8, 4) is 0 Å². The molecule has 1 N–H and O–H groups in total. The Morgan fingerprint density at radius 3 is 2.73 bits per heavy atom.